The van der Waals surface area contributed by atoms with E-state index in [0.29, 0.717) is 12.0 Å². The highest BCUT2D eigenvalue weighted by Gasteiger charge is 2.33. The summed E-state index contributed by atoms with van der Waals surface area (Å²) in [5.74, 6) is 0. The lowest BCUT2D eigenvalue weighted by Gasteiger charge is -2.14. The minimum absolute atomic E-state index is 0.318. The first-order valence-electron chi connectivity index (χ1n) is 4.59. The molecule has 1 atom stereocenters. The van der Waals surface area contributed by atoms with Gasteiger partial charge in [0.1, 0.15) is 0 Å². The molecule has 0 aliphatic carbocycles. The van der Waals surface area contributed by atoms with E-state index in [1.54, 1.807) is 6.08 Å². The van der Waals surface area contributed by atoms with Crippen molar-refractivity contribution < 1.29 is 13.2 Å². The highest BCUT2D eigenvalue weighted by Crippen LogP contribution is 2.36. The van der Waals surface area contributed by atoms with Crippen LogP contribution in [0.4, 0.5) is 13.2 Å². The Labute approximate surface area is 96.7 Å². The average Bonchev–Trinajstić information content (AvgIpc) is 2.16. The van der Waals surface area contributed by atoms with Crippen LogP contribution in [0.2, 0.25) is 5.02 Å². The minimum Gasteiger partial charge on any atom is -0.324 e. The van der Waals surface area contributed by atoms with Crippen molar-refractivity contribution >= 4 is 11.6 Å². The van der Waals surface area contributed by atoms with E-state index < -0.39 is 17.8 Å². The van der Waals surface area contributed by atoms with Crippen molar-refractivity contribution in [1.29, 1.82) is 0 Å². The van der Waals surface area contributed by atoms with E-state index >= 15 is 0 Å². The van der Waals surface area contributed by atoms with Gasteiger partial charge in [0.25, 0.3) is 0 Å². The third-order valence-corrected chi connectivity index (χ3v) is 2.47. The van der Waals surface area contributed by atoms with Crippen LogP contribution in [-0.4, -0.2) is 0 Å². The molecule has 0 aromatic heterocycles. The maximum Gasteiger partial charge on any atom is 0.417 e. The molecule has 2 N–H and O–H groups in total. The standard InChI is InChI=1S/C11H11ClF3N/c1-2-3-10(16)7-4-5-9(12)8(6-7)11(13,14)15/h2,4-6,10H,1,3,16H2/t10-/m0/s1. The van der Waals surface area contributed by atoms with E-state index in [2.05, 4.69) is 6.58 Å². The topological polar surface area (TPSA) is 26.0 Å². The Kier molecular flexibility index (Phi) is 3.99. The van der Waals surface area contributed by atoms with Gasteiger partial charge in [0.2, 0.25) is 0 Å². The molecule has 0 aliphatic heterocycles. The smallest absolute Gasteiger partial charge is 0.324 e. The number of rotatable bonds is 3. The SMILES string of the molecule is C=CC[C@H](N)c1ccc(Cl)c(C(F)(F)F)c1. The van der Waals surface area contributed by atoms with Crippen LogP contribution in [0.15, 0.2) is 30.9 Å². The normalized spacial score (nSPS) is 13.6. The Morgan fingerprint density at radius 2 is 2.06 bits per heavy atom. The fourth-order valence-corrected chi connectivity index (χ4v) is 1.53. The Balaban J connectivity index is 3.12. The summed E-state index contributed by atoms with van der Waals surface area (Å²) in [5.41, 5.74) is 5.23. The van der Waals surface area contributed by atoms with Gasteiger partial charge in [-0.2, -0.15) is 13.2 Å². The summed E-state index contributed by atoms with van der Waals surface area (Å²) >= 11 is 5.48. The predicted molar refractivity (Wildman–Crippen MR) is 58.2 cm³/mol. The van der Waals surface area contributed by atoms with Gasteiger partial charge in [0, 0.05) is 6.04 Å². The largest absolute Gasteiger partial charge is 0.417 e. The third-order valence-electron chi connectivity index (χ3n) is 2.14. The lowest BCUT2D eigenvalue weighted by Crippen LogP contribution is -2.12. The molecule has 0 radical (unpaired) electrons. The van der Waals surface area contributed by atoms with Crippen molar-refractivity contribution in [2.24, 2.45) is 5.73 Å². The summed E-state index contributed by atoms with van der Waals surface area (Å²) < 4.78 is 37.6. The number of hydrogen-bond donors (Lipinski definition) is 1. The first kappa shape index (κ1) is 13.1. The van der Waals surface area contributed by atoms with Crippen LogP contribution >= 0.6 is 11.6 Å². The number of hydrogen-bond acceptors (Lipinski definition) is 1. The zero-order valence-corrected chi connectivity index (χ0v) is 9.15. The Morgan fingerprint density at radius 3 is 2.56 bits per heavy atom. The first-order chi connectivity index (χ1) is 7.36. The van der Waals surface area contributed by atoms with Crippen molar-refractivity contribution in [3.63, 3.8) is 0 Å². The van der Waals surface area contributed by atoms with E-state index in [0.717, 1.165) is 6.07 Å². The molecule has 0 amide bonds. The van der Waals surface area contributed by atoms with Crippen molar-refractivity contribution in [3.8, 4) is 0 Å². The fraction of sp³-hybridized carbons (Fsp3) is 0.273. The molecular weight excluding hydrogens is 239 g/mol. The molecule has 5 heteroatoms. The molecule has 0 unspecified atom stereocenters. The van der Waals surface area contributed by atoms with Gasteiger partial charge in [-0.05, 0) is 24.1 Å². The first-order valence-corrected chi connectivity index (χ1v) is 4.97. The summed E-state index contributed by atoms with van der Waals surface area (Å²) in [7, 11) is 0. The number of benzene rings is 1. The van der Waals surface area contributed by atoms with E-state index in [-0.39, 0.29) is 5.02 Å². The summed E-state index contributed by atoms with van der Waals surface area (Å²) in [6.07, 6.45) is -2.48. The van der Waals surface area contributed by atoms with E-state index in [9.17, 15) is 13.2 Å². The third kappa shape index (κ3) is 3.00. The van der Waals surface area contributed by atoms with Gasteiger partial charge in [-0.15, -0.1) is 6.58 Å². The second kappa shape index (κ2) is 4.89. The van der Waals surface area contributed by atoms with E-state index in [1.807, 2.05) is 0 Å². The molecule has 1 nitrogen and oxygen atoms in total. The quantitative estimate of drug-likeness (QED) is 0.807. The lowest BCUT2D eigenvalue weighted by molar-refractivity contribution is -0.137. The summed E-state index contributed by atoms with van der Waals surface area (Å²) in [4.78, 5) is 0. The zero-order chi connectivity index (χ0) is 12.3. The van der Waals surface area contributed by atoms with Crippen LogP contribution in [0.25, 0.3) is 0 Å². The van der Waals surface area contributed by atoms with Gasteiger partial charge in [-0.1, -0.05) is 23.7 Å². The van der Waals surface area contributed by atoms with Crippen LogP contribution in [0.1, 0.15) is 23.6 Å². The second-order valence-corrected chi connectivity index (χ2v) is 3.78. The molecule has 1 aromatic carbocycles. The number of nitrogens with two attached hydrogens (primary N) is 1. The maximum atomic E-state index is 12.5. The van der Waals surface area contributed by atoms with Crippen molar-refractivity contribution in [2.75, 3.05) is 0 Å². The highest BCUT2D eigenvalue weighted by molar-refractivity contribution is 6.31. The molecular formula is C11H11ClF3N. The molecule has 16 heavy (non-hydrogen) atoms. The van der Waals surface area contributed by atoms with Crippen LogP contribution in [0.3, 0.4) is 0 Å². The van der Waals surface area contributed by atoms with Crippen molar-refractivity contribution in [3.05, 3.63) is 47.0 Å². The van der Waals surface area contributed by atoms with Crippen molar-refractivity contribution in [1.82, 2.24) is 0 Å². The highest BCUT2D eigenvalue weighted by atomic mass is 35.5. The van der Waals surface area contributed by atoms with Gasteiger partial charge in [0.05, 0.1) is 10.6 Å². The lowest BCUT2D eigenvalue weighted by atomic mass is 10.0. The molecule has 88 valence electrons. The van der Waals surface area contributed by atoms with Gasteiger partial charge >= 0.3 is 6.18 Å². The molecule has 1 aromatic rings. The summed E-state index contributed by atoms with van der Waals surface area (Å²) in [6, 6.07) is 3.20. The van der Waals surface area contributed by atoms with E-state index in [1.165, 1.54) is 12.1 Å². The van der Waals surface area contributed by atoms with E-state index in [4.69, 9.17) is 17.3 Å². The summed E-state index contributed by atoms with van der Waals surface area (Å²) in [5, 5.41) is -0.318. The van der Waals surface area contributed by atoms with Gasteiger partial charge < -0.3 is 5.73 Å². The maximum absolute atomic E-state index is 12.5. The molecule has 0 saturated heterocycles. The van der Waals surface area contributed by atoms with Crippen LogP contribution in [0.5, 0.6) is 0 Å². The Bertz CT molecular complexity index is 387. The minimum atomic E-state index is -4.46. The molecule has 0 spiro atoms. The molecule has 0 bridgehead atoms. The van der Waals surface area contributed by atoms with Crippen LogP contribution in [0, 0.1) is 0 Å². The van der Waals surface area contributed by atoms with Crippen LogP contribution in [-0.2, 0) is 6.18 Å². The molecule has 0 fully saturated rings. The zero-order valence-electron chi connectivity index (χ0n) is 8.39. The summed E-state index contributed by atoms with van der Waals surface area (Å²) in [6.45, 7) is 3.49. The molecule has 0 saturated carbocycles. The van der Waals surface area contributed by atoms with Crippen LogP contribution < -0.4 is 5.73 Å². The van der Waals surface area contributed by atoms with Gasteiger partial charge in [0.15, 0.2) is 0 Å². The predicted octanol–water partition coefficient (Wildman–Crippen LogP) is 3.93. The number of halogens is 4. The van der Waals surface area contributed by atoms with Crippen molar-refractivity contribution in [2.45, 2.75) is 18.6 Å². The van der Waals surface area contributed by atoms with Gasteiger partial charge in [-0.25, -0.2) is 0 Å². The number of alkyl halides is 3. The second-order valence-electron chi connectivity index (χ2n) is 3.37. The monoisotopic (exact) mass is 249 g/mol. The average molecular weight is 250 g/mol. The van der Waals surface area contributed by atoms with Gasteiger partial charge in [-0.3, -0.25) is 0 Å². The molecule has 0 heterocycles. The Morgan fingerprint density at radius 1 is 1.44 bits per heavy atom. The Hall–Kier alpha value is -1.00. The fourth-order valence-electron chi connectivity index (χ4n) is 1.31. The molecule has 0 aliphatic rings. The molecule has 1 rings (SSSR count).